The van der Waals surface area contributed by atoms with Crippen LogP contribution in [0.4, 0.5) is 0 Å². The summed E-state index contributed by atoms with van der Waals surface area (Å²) in [4.78, 5) is 14.6. The van der Waals surface area contributed by atoms with Gasteiger partial charge in [-0.2, -0.15) is 0 Å². The van der Waals surface area contributed by atoms with Gasteiger partial charge in [-0.1, -0.05) is 11.6 Å². The third kappa shape index (κ3) is 4.19. The highest BCUT2D eigenvalue weighted by atomic mass is 35.5. The number of benzene rings is 1. The number of amides is 1. The van der Waals surface area contributed by atoms with Crippen LogP contribution in [0.3, 0.4) is 0 Å². The molecule has 3 rings (SSSR count). The maximum Gasteiger partial charge on any atom is 0.253 e. The van der Waals surface area contributed by atoms with Crippen molar-refractivity contribution in [3.05, 3.63) is 34.4 Å². The van der Waals surface area contributed by atoms with E-state index in [-0.39, 0.29) is 18.3 Å². The molecular weight excluding hydrogens is 335 g/mol. The van der Waals surface area contributed by atoms with E-state index in [1.54, 1.807) is 6.07 Å². The van der Waals surface area contributed by atoms with E-state index in [9.17, 15) is 4.79 Å². The van der Waals surface area contributed by atoms with Gasteiger partial charge < -0.3 is 15.0 Å². The summed E-state index contributed by atoms with van der Waals surface area (Å²) in [5.41, 5.74) is 1.59. The van der Waals surface area contributed by atoms with Gasteiger partial charge in [0.1, 0.15) is 12.4 Å². The molecule has 0 atom stereocenters. The number of ether oxygens (including phenoxy) is 1. The lowest BCUT2D eigenvalue weighted by molar-refractivity contribution is -0.128. The molecule has 6 heteroatoms. The lowest BCUT2D eigenvalue weighted by Gasteiger charge is -2.33. The van der Waals surface area contributed by atoms with Gasteiger partial charge >= 0.3 is 0 Å². The number of halogens is 2. The molecule has 0 bridgehead atoms. The second-order valence-corrected chi connectivity index (χ2v) is 6.37. The summed E-state index contributed by atoms with van der Waals surface area (Å²) in [5, 5.41) is 3.87. The average Bonchev–Trinajstić information content (AvgIpc) is 2.54. The summed E-state index contributed by atoms with van der Waals surface area (Å²) in [6.45, 7) is 3.01. The standard InChI is InChI=1S/C17H21ClN2O2.ClH/c1-19-10-12-4-6-20(7-5-12)17(21)14-8-13-9-15(18)2-3-16(13)22-11-14;/h2-3,8-9,12,19H,4-7,10-11H2,1H3;1H. The Morgan fingerprint density at radius 2 is 2.13 bits per heavy atom. The van der Waals surface area contributed by atoms with E-state index in [0.717, 1.165) is 43.8 Å². The van der Waals surface area contributed by atoms with Gasteiger partial charge in [-0.15, -0.1) is 12.4 Å². The van der Waals surface area contributed by atoms with Crippen LogP contribution in [-0.2, 0) is 4.79 Å². The van der Waals surface area contributed by atoms with Crippen molar-refractivity contribution < 1.29 is 9.53 Å². The van der Waals surface area contributed by atoms with Crippen molar-refractivity contribution in [1.29, 1.82) is 0 Å². The highest BCUT2D eigenvalue weighted by Crippen LogP contribution is 2.30. The molecule has 0 saturated carbocycles. The third-order valence-electron chi connectivity index (χ3n) is 4.35. The summed E-state index contributed by atoms with van der Waals surface area (Å²) >= 11 is 6.01. The van der Waals surface area contributed by atoms with Crippen molar-refractivity contribution in [2.45, 2.75) is 12.8 Å². The SMILES string of the molecule is CNCC1CCN(C(=O)C2=Cc3cc(Cl)ccc3OC2)CC1.Cl. The number of rotatable bonds is 3. The largest absolute Gasteiger partial charge is 0.488 e. The minimum Gasteiger partial charge on any atom is -0.488 e. The van der Waals surface area contributed by atoms with Crippen LogP contribution in [0.25, 0.3) is 6.08 Å². The molecular formula is C17H22Cl2N2O2. The predicted molar refractivity (Wildman–Crippen MR) is 95.4 cm³/mol. The van der Waals surface area contributed by atoms with Crippen LogP contribution in [0, 0.1) is 5.92 Å². The molecule has 0 radical (unpaired) electrons. The molecule has 2 aliphatic rings. The molecule has 1 saturated heterocycles. The van der Waals surface area contributed by atoms with Gasteiger partial charge in [0, 0.05) is 23.7 Å². The van der Waals surface area contributed by atoms with Crippen LogP contribution in [0.2, 0.25) is 5.02 Å². The van der Waals surface area contributed by atoms with Crippen molar-refractivity contribution in [2.24, 2.45) is 5.92 Å². The van der Waals surface area contributed by atoms with E-state index < -0.39 is 0 Å². The molecule has 1 aromatic carbocycles. The Morgan fingerprint density at radius 1 is 1.39 bits per heavy atom. The van der Waals surface area contributed by atoms with Crippen molar-refractivity contribution in [3.8, 4) is 5.75 Å². The van der Waals surface area contributed by atoms with Gasteiger partial charge in [-0.3, -0.25) is 4.79 Å². The van der Waals surface area contributed by atoms with E-state index >= 15 is 0 Å². The zero-order valence-corrected chi connectivity index (χ0v) is 14.8. The quantitative estimate of drug-likeness (QED) is 0.904. The second-order valence-electron chi connectivity index (χ2n) is 5.93. The highest BCUT2D eigenvalue weighted by Gasteiger charge is 2.26. The summed E-state index contributed by atoms with van der Waals surface area (Å²) < 4.78 is 5.68. The van der Waals surface area contributed by atoms with Crippen LogP contribution < -0.4 is 10.1 Å². The zero-order valence-electron chi connectivity index (χ0n) is 13.2. The second kappa shape index (κ2) is 8.04. The third-order valence-corrected chi connectivity index (χ3v) is 4.59. The van der Waals surface area contributed by atoms with Crippen LogP contribution in [-0.4, -0.2) is 44.1 Å². The molecule has 4 nitrogen and oxygen atoms in total. The van der Waals surface area contributed by atoms with Crippen LogP contribution in [0.5, 0.6) is 5.75 Å². The number of fused-ring (bicyclic) bond motifs is 1. The van der Waals surface area contributed by atoms with Gasteiger partial charge in [-0.25, -0.2) is 0 Å². The number of hydrogen-bond acceptors (Lipinski definition) is 3. The Morgan fingerprint density at radius 3 is 2.83 bits per heavy atom. The molecule has 1 N–H and O–H groups in total. The van der Waals surface area contributed by atoms with E-state index in [4.69, 9.17) is 16.3 Å². The normalized spacial score (nSPS) is 17.7. The van der Waals surface area contributed by atoms with Gasteiger partial charge in [0.25, 0.3) is 5.91 Å². The molecule has 2 aliphatic heterocycles. The number of carbonyl (C=O) groups excluding carboxylic acids is 1. The van der Waals surface area contributed by atoms with Gasteiger partial charge in [0.05, 0.1) is 5.57 Å². The minimum absolute atomic E-state index is 0. The number of nitrogens with one attached hydrogen (secondary N) is 1. The zero-order chi connectivity index (χ0) is 15.5. The van der Waals surface area contributed by atoms with Crippen LogP contribution >= 0.6 is 24.0 Å². The Labute approximate surface area is 148 Å². The Bertz CT molecular complexity index is 596. The predicted octanol–water partition coefficient (Wildman–Crippen LogP) is 3.00. The first-order chi connectivity index (χ1) is 10.7. The first-order valence-corrected chi connectivity index (χ1v) is 8.12. The van der Waals surface area contributed by atoms with E-state index in [1.807, 2.05) is 30.2 Å². The number of hydrogen-bond donors (Lipinski definition) is 1. The molecule has 1 amide bonds. The molecule has 1 aromatic rings. The molecule has 2 heterocycles. The molecule has 0 unspecified atom stereocenters. The summed E-state index contributed by atoms with van der Waals surface area (Å²) in [7, 11) is 1.98. The number of carbonyl (C=O) groups is 1. The molecule has 0 spiro atoms. The maximum absolute atomic E-state index is 12.6. The average molecular weight is 357 g/mol. The number of nitrogens with zero attached hydrogens (tertiary/aromatic N) is 1. The van der Waals surface area contributed by atoms with Crippen molar-refractivity contribution >= 4 is 36.0 Å². The summed E-state index contributed by atoms with van der Waals surface area (Å²) in [6, 6.07) is 5.48. The molecule has 0 aliphatic carbocycles. The monoisotopic (exact) mass is 356 g/mol. The van der Waals surface area contributed by atoms with E-state index in [2.05, 4.69) is 5.32 Å². The van der Waals surface area contributed by atoms with Crippen molar-refractivity contribution in [3.63, 3.8) is 0 Å². The fraction of sp³-hybridized carbons (Fsp3) is 0.471. The topological polar surface area (TPSA) is 41.6 Å². The highest BCUT2D eigenvalue weighted by molar-refractivity contribution is 6.30. The first-order valence-electron chi connectivity index (χ1n) is 7.74. The number of piperidine rings is 1. The molecule has 0 aromatic heterocycles. The lowest BCUT2D eigenvalue weighted by atomic mass is 9.96. The van der Waals surface area contributed by atoms with Gasteiger partial charge in [-0.05, 0) is 56.6 Å². The minimum atomic E-state index is 0. The molecule has 126 valence electrons. The summed E-state index contributed by atoms with van der Waals surface area (Å²) in [6.07, 6.45) is 4.03. The molecule has 1 fully saturated rings. The van der Waals surface area contributed by atoms with Crippen LogP contribution in [0.1, 0.15) is 18.4 Å². The van der Waals surface area contributed by atoms with Gasteiger partial charge in [0.15, 0.2) is 0 Å². The van der Waals surface area contributed by atoms with Gasteiger partial charge in [0.2, 0.25) is 0 Å². The fourth-order valence-electron chi connectivity index (χ4n) is 3.10. The fourth-order valence-corrected chi connectivity index (χ4v) is 3.28. The van der Waals surface area contributed by atoms with E-state index in [1.165, 1.54) is 0 Å². The maximum atomic E-state index is 12.6. The smallest absolute Gasteiger partial charge is 0.253 e. The summed E-state index contributed by atoms with van der Waals surface area (Å²) in [5.74, 6) is 1.55. The van der Waals surface area contributed by atoms with E-state index in [0.29, 0.717) is 23.1 Å². The Kier molecular flexibility index (Phi) is 6.33. The Hall–Kier alpha value is -1.23. The Balaban J connectivity index is 0.00000192. The van der Waals surface area contributed by atoms with Crippen molar-refractivity contribution in [1.82, 2.24) is 10.2 Å². The van der Waals surface area contributed by atoms with Crippen LogP contribution in [0.15, 0.2) is 23.8 Å². The lowest BCUT2D eigenvalue weighted by Crippen LogP contribution is -2.42. The first kappa shape index (κ1) is 18.1. The van der Waals surface area contributed by atoms with Crippen molar-refractivity contribution in [2.75, 3.05) is 33.3 Å². The molecule has 23 heavy (non-hydrogen) atoms. The number of likely N-dealkylation sites (tertiary alicyclic amines) is 1.